The van der Waals surface area contributed by atoms with Gasteiger partial charge in [0.25, 0.3) is 5.91 Å². The Morgan fingerprint density at radius 1 is 1.21 bits per heavy atom. The minimum Gasteiger partial charge on any atom is -0.337 e. The summed E-state index contributed by atoms with van der Waals surface area (Å²) in [5.41, 5.74) is 3.88. The van der Waals surface area contributed by atoms with Crippen molar-refractivity contribution in [1.29, 1.82) is 0 Å². The van der Waals surface area contributed by atoms with Gasteiger partial charge in [0, 0.05) is 36.1 Å². The van der Waals surface area contributed by atoms with Gasteiger partial charge in [0.05, 0.1) is 16.5 Å². The number of nitrogens with zero attached hydrogens (tertiary/aromatic N) is 4. The first-order chi connectivity index (χ1) is 14.0. The summed E-state index contributed by atoms with van der Waals surface area (Å²) in [4.78, 5) is 24.0. The van der Waals surface area contributed by atoms with Crippen LogP contribution in [0.4, 0.5) is 5.13 Å². The van der Waals surface area contributed by atoms with Gasteiger partial charge in [-0.3, -0.25) is 9.69 Å². The van der Waals surface area contributed by atoms with Crippen LogP contribution in [0.25, 0.3) is 10.2 Å². The van der Waals surface area contributed by atoms with Crippen molar-refractivity contribution in [1.82, 2.24) is 14.5 Å². The van der Waals surface area contributed by atoms with E-state index in [0.717, 1.165) is 33.9 Å². The topological polar surface area (TPSA) is 51.0 Å². The van der Waals surface area contributed by atoms with E-state index in [2.05, 4.69) is 31.0 Å². The molecule has 0 N–H and O–H groups in total. The van der Waals surface area contributed by atoms with Crippen molar-refractivity contribution in [3.05, 3.63) is 76.8 Å². The van der Waals surface area contributed by atoms with E-state index in [-0.39, 0.29) is 5.91 Å². The highest BCUT2D eigenvalue weighted by atomic mass is 35.5. The van der Waals surface area contributed by atoms with Crippen molar-refractivity contribution < 1.29 is 4.79 Å². The molecule has 0 spiro atoms. The summed E-state index contributed by atoms with van der Waals surface area (Å²) in [7, 11) is 0. The Kier molecular flexibility index (Phi) is 5.65. The largest absolute Gasteiger partial charge is 0.337 e. The first kappa shape index (κ1) is 19.6. The van der Waals surface area contributed by atoms with Gasteiger partial charge in [-0.2, -0.15) is 0 Å². The van der Waals surface area contributed by atoms with Gasteiger partial charge in [0.15, 0.2) is 5.13 Å². The molecule has 0 aliphatic heterocycles. The van der Waals surface area contributed by atoms with Crippen LogP contribution < -0.4 is 4.90 Å². The number of fused-ring (bicyclic) bond motifs is 1. The Morgan fingerprint density at radius 2 is 2.00 bits per heavy atom. The van der Waals surface area contributed by atoms with E-state index in [9.17, 15) is 4.79 Å². The van der Waals surface area contributed by atoms with Gasteiger partial charge in [-0.25, -0.2) is 9.97 Å². The summed E-state index contributed by atoms with van der Waals surface area (Å²) in [6, 6.07) is 11.2. The Labute approximate surface area is 178 Å². The maximum absolute atomic E-state index is 13.3. The molecule has 0 aliphatic rings. The molecule has 0 saturated heterocycles. The second-order valence-electron chi connectivity index (χ2n) is 7.04. The molecule has 0 aliphatic carbocycles. The summed E-state index contributed by atoms with van der Waals surface area (Å²) in [6.07, 6.45) is 6.27. The second-order valence-corrected chi connectivity index (χ2v) is 8.49. The zero-order chi connectivity index (χ0) is 20.4. The predicted molar refractivity (Wildman–Crippen MR) is 119 cm³/mol. The number of hydrogen-bond donors (Lipinski definition) is 0. The number of halogens is 1. The van der Waals surface area contributed by atoms with Crippen molar-refractivity contribution in [2.75, 3.05) is 11.4 Å². The van der Waals surface area contributed by atoms with Gasteiger partial charge in [-0.1, -0.05) is 29.0 Å². The molecule has 1 amide bonds. The van der Waals surface area contributed by atoms with E-state index in [4.69, 9.17) is 16.6 Å². The SMILES string of the molecule is Cc1cc(C)c2nc(N(CCCn3ccnc3)C(=O)c3ccc(Cl)cc3)sc2c1. The van der Waals surface area contributed by atoms with E-state index in [1.165, 1.54) is 5.56 Å². The number of thiazole rings is 1. The third-order valence-electron chi connectivity index (χ3n) is 4.74. The average molecular weight is 425 g/mol. The van der Waals surface area contributed by atoms with Crippen LogP contribution in [0.2, 0.25) is 5.02 Å². The fourth-order valence-electron chi connectivity index (χ4n) is 3.34. The highest BCUT2D eigenvalue weighted by Gasteiger charge is 2.21. The van der Waals surface area contributed by atoms with Crippen LogP contribution in [0, 0.1) is 13.8 Å². The van der Waals surface area contributed by atoms with Gasteiger partial charge in [-0.05, 0) is 61.7 Å². The molecule has 2 aromatic carbocycles. The molecule has 0 fully saturated rings. The highest BCUT2D eigenvalue weighted by molar-refractivity contribution is 7.22. The van der Waals surface area contributed by atoms with Crippen molar-refractivity contribution in [3.8, 4) is 0 Å². The van der Waals surface area contributed by atoms with Crippen LogP contribution in [-0.2, 0) is 6.54 Å². The molecule has 0 saturated carbocycles. The number of carbonyl (C=O) groups is 1. The molecular formula is C22H21ClN4OS. The average Bonchev–Trinajstić information content (AvgIpc) is 3.35. The Hall–Kier alpha value is -2.70. The lowest BCUT2D eigenvalue weighted by Crippen LogP contribution is -2.32. The number of aromatic nitrogens is 3. The smallest absolute Gasteiger partial charge is 0.260 e. The summed E-state index contributed by atoms with van der Waals surface area (Å²) in [6.45, 7) is 5.49. The van der Waals surface area contributed by atoms with Crippen LogP contribution in [0.5, 0.6) is 0 Å². The highest BCUT2D eigenvalue weighted by Crippen LogP contribution is 2.32. The van der Waals surface area contributed by atoms with Crippen molar-refractivity contribution in [3.63, 3.8) is 0 Å². The van der Waals surface area contributed by atoms with E-state index in [0.29, 0.717) is 17.1 Å². The molecule has 2 aromatic heterocycles. The van der Waals surface area contributed by atoms with Gasteiger partial charge < -0.3 is 4.57 Å². The first-order valence-corrected chi connectivity index (χ1v) is 10.6. The van der Waals surface area contributed by atoms with Gasteiger partial charge >= 0.3 is 0 Å². The van der Waals surface area contributed by atoms with Crippen LogP contribution in [0.3, 0.4) is 0 Å². The standard InChI is InChI=1S/C22H21ClN4OS/c1-15-12-16(2)20-19(13-15)29-22(25-20)27(10-3-9-26-11-8-24-14-26)21(28)17-4-6-18(23)7-5-17/h4-8,11-14H,3,9-10H2,1-2H3. The van der Waals surface area contributed by atoms with E-state index in [1.54, 1.807) is 53.0 Å². The van der Waals surface area contributed by atoms with Crippen molar-refractivity contribution >= 4 is 44.2 Å². The second kappa shape index (κ2) is 8.35. The number of benzene rings is 2. The Bertz CT molecular complexity index is 1140. The molecule has 2 heterocycles. The van der Waals surface area contributed by atoms with Crippen LogP contribution in [0.1, 0.15) is 27.9 Å². The first-order valence-electron chi connectivity index (χ1n) is 9.42. The monoisotopic (exact) mass is 424 g/mol. The number of aryl methyl sites for hydroxylation is 3. The van der Waals surface area contributed by atoms with Crippen molar-refractivity contribution in [2.45, 2.75) is 26.8 Å². The fraction of sp³-hybridized carbons (Fsp3) is 0.227. The minimum atomic E-state index is -0.0688. The summed E-state index contributed by atoms with van der Waals surface area (Å²) in [5, 5.41) is 1.33. The zero-order valence-corrected chi connectivity index (χ0v) is 17.9. The van der Waals surface area contributed by atoms with E-state index >= 15 is 0 Å². The normalized spacial score (nSPS) is 11.1. The Morgan fingerprint density at radius 3 is 2.72 bits per heavy atom. The predicted octanol–water partition coefficient (Wildman–Crippen LogP) is 5.50. The lowest BCUT2D eigenvalue weighted by Gasteiger charge is -2.20. The van der Waals surface area contributed by atoms with Gasteiger partial charge in [-0.15, -0.1) is 0 Å². The Balaban J connectivity index is 1.66. The fourth-order valence-corrected chi connectivity index (χ4v) is 4.63. The van der Waals surface area contributed by atoms with Crippen LogP contribution >= 0.6 is 22.9 Å². The van der Waals surface area contributed by atoms with Crippen LogP contribution in [0.15, 0.2) is 55.1 Å². The number of amides is 1. The van der Waals surface area contributed by atoms with E-state index in [1.807, 2.05) is 10.8 Å². The molecule has 5 nitrogen and oxygen atoms in total. The molecule has 29 heavy (non-hydrogen) atoms. The summed E-state index contributed by atoms with van der Waals surface area (Å²) >= 11 is 7.55. The lowest BCUT2D eigenvalue weighted by atomic mass is 10.1. The number of carbonyl (C=O) groups excluding carboxylic acids is 1. The molecule has 4 aromatic rings. The molecule has 0 bridgehead atoms. The minimum absolute atomic E-state index is 0.0688. The molecule has 0 unspecified atom stereocenters. The van der Waals surface area contributed by atoms with Crippen molar-refractivity contribution in [2.24, 2.45) is 0 Å². The number of rotatable bonds is 6. The molecule has 0 atom stereocenters. The quantitative estimate of drug-likeness (QED) is 0.410. The number of hydrogen-bond acceptors (Lipinski definition) is 4. The number of anilines is 1. The van der Waals surface area contributed by atoms with Gasteiger partial charge in [0.1, 0.15) is 0 Å². The zero-order valence-electron chi connectivity index (χ0n) is 16.3. The van der Waals surface area contributed by atoms with E-state index < -0.39 is 0 Å². The van der Waals surface area contributed by atoms with Crippen LogP contribution in [-0.4, -0.2) is 27.0 Å². The molecule has 148 valence electrons. The third-order valence-corrected chi connectivity index (χ3v) is 6.02. The molecule has 0 radical (unpaired) electrons. The molecule has 7 heteroatoms. The number of imidazole rings is 1. The lowest BCUT2D eigenvalue weighted by molar-refractivity contribution is 0.0986. The third kappa shape index (κ3) is 4.33. The molecular weight excluding hydrogens is 404 g/mol. The molecule has 4 rings (SSSR count). The maximum atomic E-state index is 13.3. The maximum Gasteiger partial charge on any atom is 0.260 e. The summed E-state index contributed by atoms with van der Waals surface area (Å²) < 4.78 is 3.11. The summed E-state index contributed by atoms with van der Waals surface area (Å²) in [5.74, 6) is -0.0688. The van der Waals surface area contributed by atoms with Gasteiger partial charge in [0.2, 0.25) is 0 Å².